The zero-order valence-corrected chi connectivity index (χ0v) is 4.91. The lowest BCUT2D eigenvalue weighted by Gasteiger charge is -1.89. The van der Waals surface area contributed by atoms with Crippen molar-refractivity contribution >= 4 is 12.1 Å². The Bertz CT molecular complexity index is 131. The largest absolute Gasteiger partial charge is 0.386 e. The van der Waals surface area contributed by atoms with Gasteiger partial charge in [-0.25, -0.2) is 0 Å². The van der Waals surface area contributed by atoms with E-state index in [2.05, 4.69) is 16.6 Å². The number of primary amides is 1. The van der Waals surface area contributed by atoms with Crippen LogP contribution in [0.4, 0.5) is 0 Å². The monoisotopic (exact) mass is 128 g/mol. The van der Waals surface area contributed by atoms with Crippen LogP contribution in [-0.2, 0) is 9.63 Å². The maximum Gasteiger partial charge on any atom is 0.258 e. The Kier molecular flexibility index (Phi) is 4.12. The smallest absolute Gasteiger partial charge is 0.258 e. The molecule has 4 nitrogen and oxygen atoms in total. The Balaban J connectivity index is 3.19. The van der Waals surface area contributed by atoms with Gasteiger partial charge in [-0.05, 0) is 6.08 Å². The fourth-order valence-electron chi connectivity index (χ4n) is 0.187. The molecule has 50 valence electrons. The second-order valence-electron chi connectivity index (χ2n) is 1.23. The Morgan fingerprint density at radius 1 is 1.89 bits per heavy atom. The molecule has 0 atom stereocenters. The number of nitrogens with two attached hydrogens (primary N) is 1. The highest BCUT2D eigenvalue weighted by Crippen LogP contribution is 1.71. The molecule has 9 heavy (non-hydrogen) atoms. The molecule has 0 aliphatic rings. The van der Waals surface area contributed by atoms with E-state index >= 15 is 0 Å². The van der Waals surface area contributed by atoms with Crippen molar-refractivity contribution in [3.05, 3.63) is 12.7 Å². The molecule has 0 heterocycles. The van der Waals surface area contributed by atoms with E-state index in [4.69, 9.17) is 5.73 Å². The number of oxime groups is 1. The average Bonchev–Trinajstić information content (AvgIpc) is 1.80. The summed E-state index contributed by atoms with van der Waals surface area (Å²) in [5, 5.41) is 3.29. The molecule has 0 aromatic heterocycles. The quantitative estimate of drug-likeness (QED) is 0.415. The molecule has 0 aromatic carbocycles. The molecule has 0 aliphatic heterocycles. The molecule has 0 bridgehead atoms. The summed E-state index contributed by atoms with van der Waals surface area (Å²) >= 11 is 0. The van der Waals surface area contributed by atoms with Gasteiger partial charge < -0.3 is 10.6 Å². The summed E-state index contributed by atoms with van der Waals surface area (Å²) in [4.78, 5) is 14.3. The summed E-state index contributed by atoms with van der Waals surface area (Å²) in [7, 11) is 0. The van der Waals surface area contributed by atoms with Crippen LogP contribution in [0.2, 0.25) is 0 Å². The van der Waals surface area contributed by atoms with Crippen LogP contribution >= 0.6 is 0 Å². The van der Waals surface area contributed by atoms with Crippen molar-refractivity contribution in [1.82, 2.24) is 0 Å². The van der Waals surface area contributed by atoms with Crippen molar-refractivity contribution in [2.45, 2.75) is 0 Å². The number of carbonyl (C=O) groups is 1. The van der Waals surface area contributed by atoms with E-state index in [0.717, 1.165) is 0 Å². The predicted molar refractivity (Wildman–Crippen MR) is 33.8 cm³/mol. The van der Waals surface area contributed by atoms with Crippen molar-refractivity contribution in [2.24, 2.45) is 10.9 Å². The number of amides is 1. The summed E-state index contributed by atoms with van der Waals surface area (Å²) in [5.74, 6) is -0.545. The molecular formula is C5H8N2O2. The highest BCUT2D eigenvalue weighted by molar-refractivity contribution is 5.75. The lowest BCUT2D eigenvalue weighted by Crippen LogP contribution is -2.16. The zero-order valence-electron chi connectivity index (χ0n) is 4.91. The van der Waals surface area contributed by atoms with Gasteiger partial charge in [0.15, 0.2) is 6.61 Å². The van der Waals surface area contributed by atoms with Crippen LogP contribution in [0.3, 0.4) is 0 Å². The van der Waals surface area contributed by atoms with Crippen molar-refractivity contribution in [3.8, 4) is 0 Å². The first kappa shape index (κ1) is 7.68. The molecule has 0 spiro atoms. The Labute approximate surface area is 53.0 Å². The van der Waals surface area contributed by atoms with Crippen molar-refractivity contribution < 1.29 is 9.63 Å². The SMILES string of the molecule is C=CC=NOCC(N)=O. The summed E-state index contributed by atoms with van der Waals surface area (Å²) in [6.45, 7) is 3.14. The first-order valence-electron chi connectivity index (χ1n) is 2.32. The van der Waals surface area contributed by atoms with E-state index in [-0.39, 0.29) is 6.61 Å². The standard InChI is InChI=1S/C5H8N2O2/c1-2-3-7-9-4-5(6)8/h2-3H,1,4H2,(H2,6,8). The molecule has 1 amide bonds. The number of rotatable bonds is 4. The number of hydrogen-bond acceptors (Lipinski definition) is 3. The molecule has 0 saturated carbocycles. The number of carbonyl (C=O) groups excluding carboxylic acids is 1. The number of nitrogens with zero attached hydrogens (tertiary/aromatic N) is 1. The highest BCUT2D eigenvalue weighted by atomic mass is 16.6. The van der Waals surface area contributed by atoms with E-state index in [0.29, 0.717) is 0 Å². The van der Waals surface area contributed by atoms with E-state index in [1.165, 1.54) is 12.3 Å². The molecule has 0 radical (unpaired) electrons. The second-order valence-corrected chi connectivity index (χ2v) is 1.23. The fraction of sp³-hybridized carbons (Fsp3) is 0.200. The van der Waals surface area contributed by atoms with E-state index in [9.17, 15) is 4.79 Å². The minimum atomic E-state index is -0.545. The minimum Gasteiger partial charge on any atom is -0.386 e. The van der Waals surface area contributed by atoms with Crippen molar-refractivity contribution in [1.29, 1.82) is 0 Å². The molecule has 4 heteroatoms. The normalized spacial score (nSPS) is 9.33. The summed E-state index contributed by atoms with van der Waals surface area (Å²) in [6, 6.07) is 0. The van der Waals surface area contributed by atoms with Gasteiger partial charge in [-0.15, -0.1) is 0 Å². The Morgan fingerprint density at radius 3 is 3.00 bits per heavy atom. The van der Waals surface area contributed by atoms with Crippen LogP contribution in [-0.4, -0.2) is 18.7 Å². The molecule has 0 saturated heterocycles. The summed E-state index contributed by atoms with van der Waals surface area (Å²) in [5.41, 5.74) is 4.71. The van der Waals surface area contributed by atoms with Crippen LogP contribution in [0.5, 0.6) is 0 Å². The van der Waals surface area contributed by atoms with Crippen LogP contribution in [0, 0.1) is 0 Å². The molecule has 0 unspecified atom stereocenters. The average molecular weight is 128 g/mol. The van der Waals surface area contributed by atoms with Gasteiger partial charge in [0.25, 0.3) is 5.91 Å². The molecular weight excluding hydrogens is 120 g/mol. The zero-order chi connectivity index (χ0) is 7.11. The molecule has 2 N–H and O–H groups in total. The van der Waals surface area contributed by atoms with Gasteiger partial charge in [0.1, 0.15) is 0 Å². The first-order chi connectivity index (χ1) is 4.27. The van der Waals surface area contributed by atoms with Crippen LogP contribution in [0.25, 0.3) is 0 Å². The van der Waals surface area contributed by atoms with Gasteiger partial charge in [0.05, 0.1) is 6.21 Å². The van der Waals surface area contributed by atoms with Gasteiger partial charge in [0.2, 0.25) is 0 Å². The lowest BCUT2D eigenvalue weighted by atomic mass is 10.7. The third-order valence-electron chi connectivity index (χ3n) is 0.448. The Morgan fingerprint density at radius 2 is 2.56 bits per heavy atom. The molecule has 0 fully saturated rings. The predicted octanol–water partition coefficient (Wildman–Crippen LogP) is -0.340. The molecule has 0 aromatic rings. The molecule has 0 aliphatic carbocycles. The van der Waals surface area contributed by atoms with Crippen molar-refractivity contribution in [2.75, 3.05) is 6.61 Å². The van der Waals surface area contributed by atoms with E-state index in [1.54, 1.807) is 0 Å². The summed E-state index contributed by atoms with van der Waals surface area (Å²) < 4.78 is 0. The third-order valence-corrected chi connectivity index (χ3v) is 0.448. The van der Waals surface area contributed by atoms with Gasteiger partial charge in [-0.1, -0.05) is 11.7 Å². The van der Waals surface area contributed by atoms with Crippen LogP contribution in [0.15, 0.2) is 17.8 Å². The number of hydrogen-bond donors (Lipinski definition) is 1. The molecule has 0 rings (SSSR count). The Hall–Kier alpha value is -1.32. The van der Waals surface area contributed by atoms with Crippen LogP contribution < -0.4 is 5.73 Å². The number of allylic oxidation sites excluding steroid dienone is 1. The maximum absolute atomic E-state index is 9.96. The van der Waals surface area contributed by atoms with E-state index < -0.39 is 5.91 Å². The van der Waals surface area contributed by atoms with Gasteiger partial charge >= 0.3 is 0 Å². The van der Waals surface area contributed by atoms with Gasteiger partial charge in [0, 0.05) is 0 Å². The van der Waals surface area contributed by atoms with E-state index in [1.807, 2.05) is 0 Å². The second kappa shape index (κ2) is 4.83. The van der Waals surface area contributed by atoms with Crippen LogP contribution in [0.1, 0.15) is 0 Å². The minimum absolute atomic E-state index is 0.190. The fourth-order valence-corrected chi connectivity index (χ4v) is 0.187. The van der Waals surface area contributed by atoms with Gasteiger partial charge in [-0.3, -0.25) is 4.79 Å². The third kappa shape index (κ3) is 6.68. The topological polar surface area (TPSA) is 64.7 Å². The lowest BCUT2D eigenvalue weighted by molar-refractivity contribution is -0.122. The first-order valence-corrected chi connectivity index (χ1v) is 2.32. The maximum atomic E-state index is 9.96. The highest BCUT2D eigenvalue weighted by Gasteiger charge is 1.88. The van der Waals surface area contributed by atoms with Gasteiger partial charge in [-0.2, -0.15) is 0 Å². The van der Waals surface area contributed by atoms with Crippen molar-refractivity contribution in [3.63, 3.8) is 0 Å². The summed E-state index contributed by atoms with van der Waals surface area (Å²) in [6.07, 6.45) is 2.75.